The third kappa shape index (κ3) is 1.33. The lowest BCUT2D eigenvalue weighted by atomic mass is 10.0. The monoisotopic (exact) mass is 238 g/mol. The maximum absolute atomic E-state index is 5.45. The van der Waals surface area contributed by atoms with Gasteiger partial charge in [-0.3, -0.25) is 0 Å². The molecule has 1 fully saturated rings. The molecule has 0 bridgehead atoms. The van der Waals surface area contributed by atoms with Crippen molar-refractivity contribution in [2.45, 2.75) is 44.4 Å². The fourth-order valence-corrected chi connectivity index (χ4v) is 2.86. The van der Waals surface area contributed by atoms with Gasteiger partial charge in [0.2, 0.25) is 0 Å². The molecule has 3 aliphatic rings. The highest BCUT2D eigenvalue weighted by molar-refractivity contribution is 5.85. The van der Waals surface area contributed by atoms with Gasteiger partial charge in [0, 0.05) is 0 Å². The number of aliphatic imine (C=N–C) groups is 2. The third-order valence-electron chi connectivity index (χ3n) is 3.54. The van der Waals surface area contributed by atoms with Gasteiger partial charge in [0.15, 0.2) is 11.3 Å². The summed E-state index contributed by atoms with van der Waals surface area (Å²) < 4.78 is 10.9. The summed E-state index contributed by atoms with van der Waals surface area (Å²) in [6, 6.07) is 1.19. The standard InChI is InChI=1S/C11H18N4O2/c1-3-16-8-12-10-6-5-7-11(10,13-8)15-9(14-10)17-4-2/h3-7H2,1-2H3,(H,12,13)(H,14,15). The summed E-state index contributed by atoms with van der Waals surface area (Å²) in [4.78, 5) is 9.27. The average molecular weight is 238 g/mol. The first-order valence-corrected chi connectivity index (χ1v) is 6.25. The predicted molar refractivity (Wildman–Crippen MR) is 63.7 cm³/mol. The molecule has 6 nitrogen and oxygen atoms in total. The van der Waals surface area contributed by atoms with Crippen molar-refractivity contribution >= 4 is 12.0 Å². The van der Waals surface area contributed by atoms with Gasteiger partial charge in [-0.2, -0.15) is 0 Å². The first kappa shape index (κ1) is 10.7. The van der Waals surface area contributed by atoms with Crippen molar-refractivity contribution in [3.05, 3.63) is 0 Å². The van der Waals surface area contributed by atoms with Crippen molar-refractivity contribution in [1.82, 2.24) is 10.6 Å². The minimum Gasteiger partial charge on any atom is -0.465 e. The summed E-state index contributed by atoms with van der Waals surface area (Å²) in [5, 5.41) is 6.61. The van der Waals surface area contributed by atoms with Gasteiger partial charge in [-0.25, -0.2) is 9.98 Å². The molecule has 0 aromatic carbocycles. The van der Waals surface area contributed by atoms with E-state index in [4.69, 9.17) is 9.47 Å². The second kappa shape index (κ2) is 3.51. The highest BCUT2D eigenvalue weighted by Crippen LogP contribution is 2.47. The van der Waals surface area contributed by atoms with E-state index in [2.05, 4.69) is 20.6 Å². The molecular weight excluding hydrogens is 220 g/mol. The topological polar surface area (TPSA) is 67.2 Å². The van der Waals surface area contributed by atoms with Crippen LogP contribution in [-0.4, -0.2) is 36.6 Å². The average Bonchev–Trinajstić information content (AvgIpc) is 2.76. The second-order valence-corrected chi connectivity index (χ2v) is 4.52. The zero-order valence-corrected chi connectivity index (χ0v) is 10.2. The minimum absolute atomic E-state index is 0.387. The Morgan fingerprint density at radius 3 is 1.88 bits per heavy atom. The van der Waals surface area contributed by atoms with Gasteiger partial charge in [-0.15, -0.1) is 0 Å². The molecule has 0 radical (unpaired) electrons. The summed E-state index contributed by atoms with van der Waals surface area (Å²) >= 11 is 0. The minimum atomic E-state index is -0.387. The van der Waals surface area contributed by atoms with Crippen LogP contribution in [-0.2, 0) is 9.47 Å². The Bertz CT molecular complexity index is 359. The molecule has 1 aliphatic carbocycles. The van der Waals surface area contributed by atoms with E-state index in [0.717, 1.165) is 19.3 Å². The maximum atomic E-state index is 5.45. The summed E-state index contributed by atoms with van der Waals surface area (Å²) in [6.07, 6.45) is 3.01. The Kier molecular flexibility index (Phi) is 2.21. The zero-order chi connectivity index (χ0) is 11.9. The van der Waals surface area contributed by atoms with E-state index < -0.39 is 0 Å². The molecule has 6 heteroatoms. The van der Waals surface area contributed by atoms with Gasteiger partial charge < -0.3 is 20.1 Å². The molecule has 17 heavy (non-hydrogen) atoms. The molecule has 94 valence electrons. The fraction of sp³-hybridized carbons (Fsp3) is 0.818. The number of ether oxygens (including phenoxy) is 2. The molecule has 2 heterocycles. The largest absolute Gasteiger partial charge is 0.465 e. The van der Waals surface area contributed by atoms with Crippen LogP contribution in [0.3, 0.4) is 0 Å². The lowest BCUT2D eigenvalue weighted by molar-refractivity contribution is 0.263. The van der Waals surface area contributed by atoms with E-state index in [1.807, 2.05) is 13.8 Å². The first-order valence-electron chi connectivity index (χ1n) is 6.25. The quantitative estimate of drug-likeness (QED) is 0.737. The smallest absolute Gasteiger partial charge is 0.289 e. The number of hydrogen-bond acceptors (Lipinski definition) is 6. The SMILES string of the molecule is CCOC1=NC23CCCC2(N=C(OCC)N3)N1. The van der Waals surface area contributed by atoms with Crippen molar-refractivity contribution in [2.75, 3.05) is 13.2 Å². The van der Waals surface area contributed by atoms with Crippen LogP contribution in [0.4, 0.5) is 0 Å². The fourth-order valence-electron chi connectivity index (χ4n) is 2.86. The Morgan fingerprint density at radius 1 is 1.00 bits per heavy atom. The highest BCUT2D eigenvalue weighted by atomic mass is 16.5. The lowest BCUT2D eigenvalue weighted by Gasteiger charge is -2.28. The molecule has 2 unspecified atom stereocenters. The molecule has 0 saturated heterocycles. The normalized spacial score (nSPS) is 37.5. The van der Waals surface area contributed by atoms with E-state index in [1.54, 1.807) is 0 Å². The van der Waals surface area contributed by atoms with Crippen LogP contribution in [0.2, 0.25) is 0 Å². The second-order valence-electron chi connectivity index (χ2n) is 4.52. The van der Waals surface area contributed by atoms with Crippen LogP contribution in [0.1, 0.15) is 33.1 Å². The number of rotatable bonds is 2. The van der Waals surface area contributed by atoms with Crippen LogP contribution in [0.5, 0.6) is 0 Å². The third-order valence-corrected chi connectivity index (χ3v) is 3.54. The number of nitrogens with one attached hydrogen (secondary N) is 2. The van der Waals surface area contributed by atoms with Gasteiger partial charge in [0.05, 0.1) is 13.2 Å². The van der Waals surface area contributed by atoms with Crippen molar-refractivity contribution < 1.29 is 9.47 Å². The van der Waals surface area contributed by atoms with E-state index in [9.17, 15) is 0 Å². The molecule has 2 atom stereocenters. The molecule has 2 N–H and O–H groups in total. The Labute approximate surface area is 100 Å². The molecule has 1 saturated carbocycles. The maximum Gasteiger partial charge on any atom is 0.289 e. The number of nitrogens with zero attached hydrogens (tertiary/aromatic N) is 2. The lowest BCUT2D eigenvalue weighted by Crippen LogP contribution is -2.56. The zero-order valence-electron chi connectivity index (χ0n) is 10.2. The number of hydrogen-bond donors (Lipinski definition) is 2. The summed E-state index contributed by atoms with van der Waals surface area (Å²) in [6.45, 7) is 5.12. The van der Waals surface area contributed by atoms with Crippen LogP contribution in [0, 0.1) is 0 Å². The van der Waals surface area contributed by atoms with Crippen molar-refractivity contribution in [1.29, 1.82) is 0 Å². The van der Waals surface area contributed by atoms with E-state index in [0.29, 0.717) is 25.3 Å². The van der Waals surface area contributed by atoms with Crippen LogP contribution < -0.4 is 10.6 Å². The van der Waals surface area contributed by atoms with Gasteiger partial charge in [0.25, 0.3) is 12.0 Å². The van der Waals surface area contributed by atoms with Gasteiger partial charge in [-0.1, -0.05) is 0 Å². The van der Waals surface area contributed by atoms with Crippen molar-refractivity contribution in [3.8, 4) is 0 Å². The summed E-state index contributed by atoms with van der Waals surface area (Å²) in [5.74, 6) is 0. The Hall–Kier alpha value is -1.46. The van der Waals surface area contributed by atoms with Crippen molar-refractivity contribution in [2.24, 2.45) is 9.98 Å². The molecule has 3 rings (SSSR count). The Morgan fingerprint density at radius 2 is 1.47 bits per heavy atom. The summed E-state index contributed by atoms with van der Waals surface area (Å²) in [7, 11) is 0. The first-order chi connectivity index (χ1) is 8.24. The van der Waals surface area contributed by atoms with Gasteiger partial charge >= 0.3 is 0 Å². The number of amidine groups is 2. The van der Waals surface area contributed by atoms with Crippen LogP contribution in [0.15, 0.2) is 9.98 Å². The van der Waals surface area contributed by atoms with E-state index in [-0.39, 0.29) is 11.3 Å². The molecule has 2 aliphatic heterocycles. The predicted octanol–water partition coefficient (Wildman–Crippen LogP) is 0.554. The molecule has 0 aromatic rings. The van der Waals surface area contributed by atoms with E-state index in [1.165, 1.54) is 0 Å². The Balaban J connectivity index is 1.88. The molecular formula is C11H18N4O2. The van der Waals surface area contributed by atoms with Crippen molar-refractivity contribution in [3.63, 3.8) is 0 Å². The highest BCUT2D eigenvalue weighted by Gasteiger charge is 2.65. The van der Waals surface area contributed by atoms with E-state index >= 15 is 0 Å². The van der Waals surface area contributed by atoms with Crippen LogP contribution >= 0.6 is 0 Å². The van der Waals surface area contributed by atoms with Crippen LogP contribution in [0.25, 0.3) is 0 Å². The summed E-state index contributed by atoms with van der Waals surface area (Å²) in [5.41, 5.74) is -0.774. The van der Waals surface area contributed by atoms with Gasteiger partial charge in [-0.05, 0) is 33.1 Å². The molecule has 0 aromatic heterocycles. The molecule has 0 spiro atoms. The van der Waals surface area contributed by atoms with Gasteiger partial charge in [0.1, 0.15) is 0 Å². The molecule has 0 amide bonds.